The molecular weight excluding hydrogens is 348 g/mol. The lowest BCUT2D eigenvalue weighted by molar-refractivity contribution is 0.323. The summed E-state index contributed by atoms with van der Waals surface area (Å²) in [5.41, 5.74) is 1.14. The normalized spacial score (nSPS) is 16.5. The third kappa shape index (κ3) is 3.30. The van der Waals surface area contributed by atoms with Gasteiger partial charge in [-0.2, -0.15) is 0 Å². The molecule has 26 heavy (non-hydrogen) atoms. The number of para-hydroxylation sites is 1. The van der Waals surface area contributed by atoms with Crippen LogP contribution in [0.25, 0.3) is 0 Å². The maximum Gasteiger partial charge on any atom is 0.187 e. The zero-order valence-electron chi connectivity index (χ0n) is 15.6. The van der Waals surface area contributed by atoms with Crippen molar-refractivity contribution in [2.24, 2.45) is 5.92 Å². The number of ether oxygens (including phenoxy) is 1. The van der Waals surface area contributed by atoms with Crippen molar-refractivity contribution in [3.63, 3.8) is 0 Å². The van der Waals surface area contributed by atoms with E-state index in [4.69, 9.17) is 4.74 Å². The van der Waals surface area contributed by atoms with Crippen LogP contribution in [0.1, 0.15) is 26.7 Å². The van der Waals surface area contributed by atoms with Gasteiger partial charge in [-0.1, -0.05) is 12.1 Å². The summed E-state index contributed by atoms with van der Waals surface area (Å²) in [4.78, 5) is 6.64. The smallest absolute Gasteiger partial charge is 0.187 e. The number of sulfone groups is 1. The third-order valence-corrected chi connectivity index (χ3v) is 8.19. The number of aromatic nitrogens is 1. The van der Waals surface area contributed by atoms with Crippen LogP contribution in [0.4, 0.5) is 5.69 Å². The number of nitrogens with zero attached hydrogens (tertiary/aromatic N) is 2. The summed E-state index contributed by atoms with van der Waals surface area (Å²) in [6, 6.07) is 10.9. The van der Waals surface area contributed by atoms with E-state index in [0.717, 1.165) is 31.6 Å². The van der Waals surface area contributed by atoms with Gasteiger partial charge in [-0.25, -0.2) is 8.42 Å². The van der Waals surface area contributed by atoms with Crippen LogP contribution in [-0.4, -0.2) is 38.3 Å². The maximum absolute atomic E-state index is 13.4. The molecule has 0 bridgehead atoms. The van der Waals surface area contributed by atoms with Crippen LogP contribution in [0.5, 0.6) is 5.75 Å². The lowest BCUT2D eigenvalue weighted by Crippen LogP contribution is -2.46. The van der Waals surface area contributed by atoms with E-state index in [-0.39, 0.29) is 10.8 Å². The average Bonchev–Trinajstić information content (AvgIpc) is 2.68. The molecule has 2 aromatic rings. The molecule has 0 atom stereocenters. The van der Waals surface area contributed by atoms with E-state index in [0.29, 0.717) is 5.75 Å². The Bertz CT molecular complexity index is 842. The van der Waals surface area contributed by atoms with Gasteiger partial charge in [0.25, 0.3) is 0 Å². The van der Waals surface area contributed by atoms with Gasteiger partial charge in [-0.3, -0.25) is 4.98 Å². The molecule has 0 radical (unpaired) electrons. The summed E-state index contributed by atoms with van der Waals surface area (Å²) in [5.74, 6) is 0.505. The predicted molar refractivity (Wildman–Crippen MR) is 103 cm³/mol. The number of hydrogen-bond donors (Lipinski definition) is 0. The molecule has 1 aliphatic heterocycles. The van der Waals surface area contributed by atoms with E-state index in [1.165, 1.54) is 7.11 Å². The van der Waals surface area contributed by atoms with E-state index >= 15 is 0 Å². The summed E-state index contributed by atoms with van der Waals surface area (Å²) in [7, 11) is -2.01. The summed E-state index contributed by atoms with van der Waals surface area (Å²) in [6.45, 7) is 5.39. The van der Waals surface area contributed by atoms with E-state index in [1.54, 1.807) is 36.7 Å². The molecule has 5 nitrogen and oxygen atoms in total. The second kappa shape index (κ2) is 7.27. The van der Waals surface area contributed by atoms with Crippen LogP contribution in [0.2, 0.25) is 0 Å². The molecule has 0 unspecified atom stereocenters. The van der Waals surface area contributed by atoms with Gasteiger partial charge in [-0.05, 0) is 56.9 Å². The van der Waals surface area contributed by atoms with Crippen LogP contribution in [0.15, 0.2) is 53.7 Å². The first-order chi connectivity index (χ1) is 12.4. The Kier molecular flexibility index (Phi) is 5.23. The highest BCUT2D eigenvalue weighted by Crippen LogP contribution is 2.40. The van der Waals surface area contributed by atoms with E-state index in [1.807, 2.05) is 26.0 Å². The summed E-state index contributed by atoms with van der Waals surface area (Å²) in [6.07, 6.45) is 5.25. The number of methoxy groups -OCH3 is 1. The van der Waals surface area contributed by atoms with Gasteiger partial charge in [0, 0.05) is 31.2 Å². The highest BCUT2D eigenvalue weighted by molar-refractivity contribution is 7.93. The fourth-order valence-corrected chi connectivity index (χ4v) is 5.65. The molecule has 6 heteroatoms. The Morgan fingerprint density at radius 3 is 2.31 bits per heavy atom. The molecule has 1 aliphatic rings. The number of anilines is 1. The Labute approximate surface area is 155 Å². The molecule has 1 saturated heterocycles. The molecule has 1 aromatic heterocycles. The van der Waals surface area contributed by atoms with Crippen LogP contribution in [-0.2, 0) is 9.84 Å². The third-order valence-electron chi connectivity index (χ3n) is 5.56. The Morgan fingerprint density at radius 1 is 1.08 bits per heavy atom. The van der Waals surface area contributed by atoms with E-state index < -0.39 is 14.6 Å². The van der Waals surface area contributed by atoms with Crippen LogP contribution >= 0.6 is 0 Å². The topological polar surface area (TPSA) is 59.5 Å². The highest BCUT2D eigenvalue weighted by atomic mass is 32.2. The van der Waals surface area contributed by atoms with Crippen molar-refractivity contribution in [3.8, 4) is 5.75 Å². The quantitative estimate of drug-likeness (QED) is 0.801. The molecule has 0 amide bonds. The van der Waals surface area contributed by atoms with Crippen LogP contribution < -0.4 is 9.64 Å². The molecule has 0 saturated carbocycles. The number of hydrogen-bond acceptors (Lipinski definition) is 5. The minimum absolute atomic E-state index is 0.0931. The van der Waals surface area contributed by atoms with Gasteiger partial charge in [0.2, 0.25) is 0 Å². The Morgan fingerprint density at radius 2 is 1.69 bits per heavy atom. The van der Waals surface area contributed by atoms with Gasteiger partial charge < -0.3 is 9.64 Å². The van der Waals surface area contributed by atoms with Crippen molar-refractivity contribution in [2.75, 3.05) is 25.1 Å². The second-order valence-corrected chi connectivity index (χ2v) is 9.72. The zero-order chi connectivity index (χ0) is 18.8. The van der Waals surface area contributed by atoms with Crippen molar-refractivity contribution < 1.29 is 13.2 Å². The highest BCUT2D eigenvalue weighted by Gasteiger charge is 2.44. The minimum atomic E-state index is -3.52. The summed E-state index contributed by atoms with van der Waals surface area (Å²) >= 11 is 0. The first kappa shape index (κ1) is 18.7. The zero-order valence-corrected chi connectivity index (χ0v) is 16.4. The molecule has 0 aliphatic carbocycles. The number of piperidine rings is 1. The molecular formula is C20H26N2O3S. The number of benzene rings is 1. The molecule has 1 fully saturated rings. The maximum atomic E-state index is 13.4. The molecule has 0 N–H and O–H groups in total. The van der Waals surface area contributed by atoms with Gasteiger partial charge >= 0.3 is 0 Å². The number of rotatable bonds is 5. The second-order valence-electron chi connectivity index (χ2n) is 7.22. The van der Waals surface area contributed by atoms with Crippen molar-refractivity contribution in [2.45, 2.75) is 36.3 Å². The van der Waals surface area contributed by atoms with Crippen LogP contribution in [0, 0.1) is 5.92 Å². The van der Waals surface area contributed by atoms with Gasteiger partial charge in [-0.15, -0.1) is 0 Å². The lowest BCUT2D eigenvalue weighted by atomic mass is 9.85. The monoisotopic (exact) mass is 374 g/mol. The molecule has 2 heterocycles. The first-order valence-electron chi connectivity index (χ1n) is 8.90. The van der Waals surface area contributed by atoms with Crippen LogP contribution in [0.3, 0.4) is 0 Å². The molecule has 0 spiro atoms. The van der Waals surface area contributed by atoms with Crippen molar-refractivity contribution in [1.29, 1.82) is 0 Å². The minimum Gasteiger partial charge on any atom is -0.495 e. The van der Waals surface area contributed by atoms with Crippen molar-refractivity contribution >= 4 is 15.5 Å². The average molecular weight is 375 g/mol. The fraction of sp³-hybridized carbons (Fsp3) is 0.450. The Hall–Kier alpha value is -2.08. The summed E-state index contributed by atoms with van der Waals surface area (Å²) < 4.78 is 31.2. The predicted octanol–water partition coefficient (Wildman–Crippen LogP) is 3.56. The molecule has 1 aromatic carbocycles. The summed E-state index contributed by atoms with van der Waals surface area (Å²) in [5, 5.41) is 0. The van der Waals surface area contributed by atoms with Gasteiger partial charge in [0.15, 0.2) is 9.84 Å². The van der Waals surface area contributed by atoms with Crippen molar-refractivity contribution in [3.05, 3.63) is 48.8 Å². The standard InChI is InChI=1S/C20H26N2O3S/c1-20(2,26(23,24)19-7-5-4-6-18(19)25-3)16-10-14-22(15-11-16)17-8-12-21-13-9-17/h4-9,12-13,16H,10-11,14-15H2,1-3H3. The van der Waals surface area contributed by atoms with Gasteiger partial charge in [0.05, 0.1) is 11.9 Å². The molecule has 3 rings (SSSR count). The molecule has 140 valence electrons. The lowest BCUT2D eigenvalue weighted by Gasteiger charge is -2.41. The van der Waals surface area contributed by atoms with E-state index in [9.17, 15) is 8.42 Å². The SMILES string of the molecule is COc1ccccc1S(=O)(=O)C(C)(C)C1CCN(c2ccncc2)CC1. The Balaban J connectivity index is 1.80. The number of pyridine rings is 1. The van der Waals surface area contributed by atoms with E-state index in [2.05, 4.69) is 9.88 Å². The van der Waals surface area contributed by atoms with Crippen molar-refractivity contribution in [1.82, 2.24) is 4.98 Å². The first-order valence-corrected chi connectivity index (χ1v) is 10.4. The fourth-order valence-electron chi connectivity index (χ4n) is 3.73. The largest absolute Gasteiger partial charge is 0.495 e. The van der Waals surface area contributed by atoms with Gasteiger partial charge in [0.1, 0.15) is 10.6 Å².